The van der Waals surface area contributed by atoms with E-state index in [-0.39, 0.29) is 43.2 Å². The molecular formula is C34H46N4O7S. The molecule has 0 spiro atoms. The first-order valence-electron chi connectivity index (χ1n) is 15.7. The summed E-state index contributed by atoms with van der Waals surface area (Å²) >= 11 is 0. The summed E-state index contributed by atoms with van der Waals surface area (Å²) in [5, 5.41) is 17.8. The summed E-state index contributed by atoms with van der Waals surface area (Å²) in [5.74, 6) is -0.288. The molecule has 1 heterocycles. The smallest absolute Gasteiger partial charge is 0.323 e. The second kappa shape index (κ2) is 15.7. The molecule has 0 saturated heterocycles. The van der Waals surface area contributed by atoms with E-state index < -0.39 is 28.2 Å². The fraction of sp³-hybridized carbons (Fsp3) is 0.471. The lowest BCUT2D eigenvalue weighted by Gasteiger charge is -2.35. The summed E-state index contributed by atoms with van der Waals surface area (Å²) in [6.45, 7) is 6.06. The van der Waals surface area contributed by atoms with Crippen molar-refractivity contribution in [1.29, 1.82) is 0 Å². The Hall–Kier alpha value is -3.71. The van der Waals surface area contributed by atoms with E-state index >= 15 is 0 Å². The van der Waals surface area contributed by atoms with Gasteiger partial charge in [0.05, 0.1) is 42.4 Å². The lowest BCUT2D eigenvalue weighted by molar-refractivity contribution is -0.00828. The van der Waals surface area contributed by atoms with E-state index in [1.807, 2.05) is 56.3 Å². The first-order valence-corrected chi connectivity index (χ1v) is 17.5. The number of benzene rings is 3. The van der Waals surface area contributed by atoms with E-state index in [9.17, 15) is 23.1 Å². The van der Waals surface area contributed by atoms with Gasteiger partial charge in [-0.1, -0.05) is 43.3 Å². The molecule has 46 heavy (non-hydrogen) atoms. The van der Waals surface area contributed by atoms with E-state index in [0.717, 1.165) is 29.9 Å². The van der Waals surface area contributed by atoms with Crippen LogP contribution in [0.5, 0.6) is 5.75 Å². The number of carbonyl (C=O) groups is 2. The molecule has 3 N–H and O–H groups in total. The van der Waals surface area contributed by atoms with Crippen LogP contribution in [-0.2, 0) is 14.8 Å². The molecule has 0 aromatic heterocycles. The molecule has 1 aliphatic heterocycles. The number of aliphatic hydroxyl groups is 1. The van der Waals surface area contributed by atoms with Gasteiger partial charge in [-0.25, -0.2) is 17.5 Å². The van der Waals surface area contributed by atoms with Gasteiger partial charge in [0.15, 0.2) is 0 Å². The summed E-state index contributed by atoms with van der Waals surface area (Å²) in [6, 6.07) is 17.3. The zero-order chi connectivity index (χ0) is 33.4. The van der Waals surface area contributed by atoms with Crippen LogP contribution in [0, 0.1) is 5.92 Å². The molecule has 0 fully saturated rings. The first kappa shape index (κ1) is 35.1. The number of hydrogen-bond acceptors (Lipinski definition) is 7. The molecule has 0 bridgehead atoms. The van der Waals surface area contributed by atoms with E-state index in [2.05, 4.69) is 10.6 Å². The van der Waals surface area contributed by atoms with E-state index in [0.29, 0.717) is 30.2 Å². The van der Waals surface area contributed by atoms with Crippen LogP contribution >= 0.6 is 0 Å². The zero-order valence-corrected chi connectivity index (χ0v) is 28.0. The third-order valence-electron chi connectivity index (χ3n) is 8.35. The average molecular weight is 655 g/mol. The number of amides is 3. The molecular weight excluding hydrogens is 608 g/mol. The second-order valence-corrected chi connectivity index (χ2v) is 14.2. The molecule has 0 aliphatic carbocycles. The molecule has 250 valence electrons. The number of likely N-dealkylation sites (N-methyl/N-ethyl adjacent to an activating group) is 1. The van der Waals surface area contributed by atoms with Gasteiger partial charge in [-0.3, -0.25) is 4.79 Å². The Kier molecular flexibility index (Phi) is 12.0. The molecule has 4 atom stereocenters. The van der Waals surface area contributed by atoms with Gasteiger partial charge in [0.2, 0.25) is 10.0 Å². The molecule has 0 saturated carbocycles. The van der Waals surface area contributed by atoms with Crippen LogP contribution in [0.3, 0.4) is 0 Å². The quantitative estimate of drug-likeness (QED) is 0.320. The van der Waals surface area contributed by atoms with Gasteiger partial charge in [-0.2, -0.15) is 0 Å². The first-order chi connectivity index (χ1) is 21.9. The number of rotatable bonds is 7. The highest BCUT2D eigenvalue weighted by molar-refractivity contribution is 7.88. The van der Waals surface area contributed by atoms with Crippen LogP contribution in [0.15, 0.2) is 60.7 Å². The maximum absolute atomic E-state index is 14.3. The second-order valence-electron chi connectivity index (χ2n) is 12.2. The minimum atomic E-state index is -3.45. The van der Waals surface area contributed by atoms with Crippen molar-refractivity contribution in [2.24, 2.45) is 5.92 Å². The number of hydrogen-bond donors (Lipinski definition) is 3. The number of sulfonamides is 1. The number of aliphatic hydroxyl groups excluding tert-OH is 1. The van der Waals surface area contributed by atoms with Gasteiger partial charge in [-0.05, 0) is 62.8 Å². The SMILES string of the molecule is C[C@@H]1CCCCO[C@H](CN(C)S(C)(=O)=O)[C@@H](C)CN([C@H](C)CO)C(=O)c2cc(NC(=O)Nc3cccc4ccccc34)ccc2O1. The molecule has 3 aromatic carbocycles. The van der Waals surface area contributed by atoms with Crippen molar-refractivity contribution >= 4 is 44.1 Å². The van der Waals surface area contributed by atoms with Gasteiger partial charge >= 0.3 is 6.03 Å². The molecule has 1 aliphatic rings. The zero-order valence-electron chi connectivity index (χ0n) is 27.2. The predicted molar refractivity (Wildman–Crippen MR) is 181 cm³/mol. The number of ether oxygens (including phenoxy) is 2. The third-order valence-corrected chi connectivity index (χ3v) is 9.63. The molecule has 3 aromatic rings. The van der Waals surface area contributed by atoms with Crippen LogP contribution in [0.1, 0.15) is 50.4 Å². The molecule has 0 unspecified atom stereocenters. The average Bonchev–Trinajstić information content (AvgIpc) is 3.02. The highest BCUT2D eigenvalue weighted by Crippen LogP contribution is 2.29. The third kappa shape index (κ3) is 9.18. The van der Waals surface area contributed by atoms with E-state index in [1.54, 1.807) is 30.0 Å². The Morgan fingerprint density at radius 2 is 1.83 bits per heavy atom. The van der Waals surface area contributed by atoms with Gasteiger partial charge in [0.1, 0.15) is 5.75 Å². The largest absolute Gasteiger partial charge is 0.490 e. The molecule has 4 rings (SSSR count). The maximum Gasteiger partial charge on any atom is 0.323 e. The highest BCUT2D eigenvalue weighted by Gasteiger charge is 2.31. The molecule has 3 amide bonds. The summed E-state index contributed by atoms with van der Waals surface area (Å²) in [6.07, 6.45) is 2.74. The van der Waals surface area contributed by atoms with Gasteiger partial charge < -0.3 is 30.1 Å². The van der Waals surface area contributed by atoms with Crippen LogP contribution in [-0.4, -0.2) is 92.5 Å². The Morgan fingerprint density at radius 1 is 1.09 bits per heavy atom. The topological polar surface area (TPSA) is 138 Å². The Balaban J connectivity index is 1.64. The Bertz CT molecular complexity index is 1610. The summed E-state index contributed by atoms with van der Waals surface area (Å²) < 4.78 is 38.1. The van der Waals surface area contributed by atoms with Gasteiger partial charge in [0.25, 0.3) is 5.91 Å². The minimum Gasteiger partial charge on any atom is -0.490 e. The van der Waals surface area contributed by atoms with Crippen LogP contribution in [0.25, 0.3) is 10.8 Å². The minimum absolute atomic E-state index is 0.130. The van der Waals surface area contributed by atoms with Crippen LogP contribution in [0.2, 0.25) is 0 Å². The summed E-state index contributed by atoms with van der Waals surface area (Å²) in [5.41, 5.74) is 1.28. The lowest BCUT2D eigenvalue weighted by atomic mass is 10.0. The highest BCUT2D eigenvalue weighted by atomic mass is 32.2. The number of anilines is 2. The Morgan fingerprint density at radius 3 is 2.57 bits per heavy atom. The molecule has 0 radical (unpaired) electrons. The monoisotopic (exact) mass is 654 g/mol. The van der Waals surface area contributed by atoms with Crippen LogP contribution in [0.4, 0.5) is 16.2 Å². The fourth-order valence-electron chi connectivity index (χ4n) is 5.47. The van der Waals surface area contributed by atoms with Gasteiger partial charge in [0, 0.05) is 43.7 Å². The van der Waals surface area contributed by atoms with Crippen molar-refractivity contribution in [3.8, 4) is 5.75 Å². The fourth-order valence-corrected chi connectivity index (χ4v) is 5.89. The number of nitrogens with zero attached hydrogens (tertiary/aromatic N) is 2. The van der Waals surface area contributed by atoms with Crippen molar-refractivity contribution in [1.82, 2.24) is 9.21 Å². The number of nitrogens with one attached hydrogen (secondary N) is 2. The molecule has 11 nitrogen and oxygen atoms in total. The van der Waals surface area contributed by atoms with Crippen LogP contribution < -0.4 is 15.4 Å². The van der Waals surface area contributed by atoms with Crippen molar-refractivity contribution < 1.29 is 32.6 Å². The van der Waals surface area contributed by atoms with Crippen molar-refractivity contribution in [3.63, 3.8) is 0 Å². The van der Waals surface area contributed by atoms with Crippen molar-refractivity contribution in [2.45, 2.75) is 58.3 Å². The number of fused-ring (bicyclic) bond motifs is 2. The summed E-state index contributed by atoms with van der Waals surface area (Å²) in [4.78, 5) is 29.0. The number of carbonyl (C=O) groups excluding carboxylic acids is 2. The molecule has 12 heteroatoms. The van der Waals surface area contributed by atoms with Crippen molar-refractivity contribution in [2.75, 3.05) is 50.2 Å². The maximum atomic E-state index is 14.3. The Labute approximate surface area is 271 Å². The predicted octanol–water partition coefficient (Wildman–Crippen LogP) is 5.17. The summed E-state index contributed by atoms with van der Waals surface area (Å²) in [7, 11) is -1.94. The normalized spacial score (nSPS) is 20.8. The van der Waals surface area contributed by atoms with E-state index in [4.69, 9.17) is 9.47 Å². The number of urea groups is 1. The standard InChI is InChI=1S/C34H46N4O7S/c1-23-20-38(24(2)22-39)33(40)29-19-27(35-34(41)36-30-15-10-13-26-12-6-7-14-28(26)30)16-17-31(29)45-25(3)11-8-9-18-44-32(23)21-37(4)46(5,42)43/h6-7,10,12-17,19,23-25,32,39H,8-9,11,18,20-22H2,1-5H3,(H2,35,36,41)/t23-,24+,25+,32+/m0/s1. The van der Waals surface area contributed by atoms with Crippen molar-refractivity contribution in [3.05, 3.63) is 66.2 Å². The van der Waals surface area contributed by atoms with Gasteiger partial charge in [-0.15, -0.1) is 0 Å². The van der Waals surface area contributed by atoms with E-state index in [1.165, 1.54) is 11.4 Å². The lowest BCUT2D eigenvalue weighted by Crippen LogP contribution is -2.47.